The van der Waals surface area contributed by atoms with Gasteiger partial charge in [-0.2, -0.15) is 5.10 Å². The van der Waals surface area contributed by atoms with Crippen molar-refractivity contribution in [2.24, 2.45) is 0 Å². The molecule has 2 aromatic rings. The van der Waals surface area contributed by atoms with Crippen molar-refractivity contribution in [1.29, 1.82) is 0 Å². The molecule has 1 aromatic heterocycles. The van der Waals surface area contributed by atoms with Crippen molar-refractivity contribution in [2.45, 2.75) is 24.8 Å². The summed E-state index contributed by atoms with van der Waals surface area (Å²) >= 11 is 0. The molecular formula is C21H26N4O4. The van der Waals surface area contributed by atoms with E-state index in [0.29, 0.717) is 56.8 Å². The van der Waals surface area contributed by atoms with Crippen LogP contribution in [0.5, 0.6) is 5.75 Å². The van der Waals surface area contributed by atoms with Gasteiger partial charge >= 0.3 is 0 Å². The third-order valence-corrected chi connectivity index (χ3v) is 5.95. The Morgan fingerprint density at radius 2 is 2.00 bits per heavy atom. The van der Waals surface area contributed by atoms with Gasteiger partial charge in [-0.1, -0.05) is 6.07 Å². The molecule has 0 aliphatic carbocycles. The largest absolute Gasteiger partial charge is 0.497 e. The highest BCUT2D eigenvalue weighted by atomic mass is 16.5. The predicted octanol–water partition coefficient (Wildman–Crippen LogP) is 1.91. The molecule has 3 heterocycles. The number of carbonyl (C=O) groups is 2. The molecule has 0 radical (unpaired) electrons. The zero-order valence-corrected chi connectivity index (χ0v) is 16.8. The van der Waals surface area contributed by atoms with Crippen molar-refractivity contribution in [3.05, 3.63) is 42.1 Å². The lowest BCUT2D eigenvalue weighted by Gasteiger charge is -2.46. The summed E-state index contributed by atoms with van der Waals surface area (Å²) in [5.74, 6) is 1.55. The lowest BCUT2D eigenvalue weighted by atomic mass is 9.82. The summed E-state index contributed by atoms with van der Waals surface area (Å²) in [4.78, 5) is 29.4. The number of anilines is 1. The van der Waals surface area contributed by atoms with Crippen LogP contribution in [-0.2, 0) is 15.1 Å². The van der Waals surface area contributed by atoms with Crippen LogP contribution in [0, 0.1) is 0 Å². The van der Waals surface area contributed by atoms with E-state index in [1.165, 1.54) is 0 Å². The predicted molar refractivity (Wildman–Crippen MR) is 107 cm³/mol. The van der Waals surface area contributed by atoms with Gasteiger partial charge in [0.05, 0.1) is 38.4 Å². The van der Waals surface area contributed by atoms with E-state index < -0.39 is 0 Å². The number of methoxy groups -OCH3 is 2. The lowest BCUT2D eigenvalue weighted by molar-refractivity contribution is -0.123. The summed E-state index contributed by atoms with van der Waals surface area (Å²) < 4.78 is 12.4. The number of carbonyl (C=O) groups excluding carboxylic acids is 2. The minimum Gasteiger partial charge on any atom is -0.497 e. The molecule has 0 unspecified atom stereocenters. The summed E-state index contributed by atoms with van der Waals surface area (Å²) in [6.45, 7) is 2.16. The Balaban J connectivity index is 1.51. The number of likely N-dealkylation sites (tertiary alicyclic amines) is 1. The van der Waals surface area contributed by atoms with Gasteiger partial charge in [-0.15, -0.1) is 0 Å². The number of benzene rings is 1. The van der Waals surface area contributed by atoms with Crippen molar-refractivity contribution in [3.8, 4) is 5.75 Å². The van der Waals surface area contributed by atoms with Gasteiger partial charge in [0.25, 0.3) is 5.91 Å². The van der Waals surface area contributed by atoms with Crippen LogP contribution < -0.4 is 9.64 Å². The van der Waals surface area contributed by atoms with Crippen LogP contribution in [0.25, 0.3) is 0 Å². The third-order valence-electron chi connectivity index (χ3n) is 5.95. The van der Waals surface area contributed by atoms with Gasteiger partial charge < -0.3 is 14.4 Å². The van der Waals surface area contributed by atoms with E-state index in [0.717, 1.165) is 5.82 Å². The average Bonchev–Trinajstić information content (AvgIpc) is 3.24. The molecule has 1 spiro atoms. The molecule has 1 saturated heterocycles. The van der Waals surface area contributed by atoms with E-state index in [9.17, 15) is 9.59 Å². The second kappa shape index (κ2) is 7.87. The van der Waals surface area contributed by atoms with Crippen LogP contribution in [0.2, 0.25) is 0 Å². The van der Waals surface area contributed by atoms with Crippen LogP contribution in [0.1, 0.15) is 29.6 Å². The summed E-state index contributed by atoms with van der Waals surface area (Å²) in [5, 5.41) is 4.54. The quantitative estimate of drug-likeness (QED) is 0.769. The maximum Gasteiger partial charge on any atom is 0.253 e. The molecule has 1 fully saturated rings. The highest BCUT2D eigenvalue weighted by molar-refractivity contribution is 5.96. The van der Waals surface area contributed by atoms with Crippen molar-refractivity contribution in [1.82, 2.24) is 14.7 Å². The fourth-order valence-corrected chi connectivity index (χ4v) is 4.32. The van der Waals surface area contributed by atoms with Gasteiger partial charge in [-0.05, 0) is 31.0 Å². The number of fused-ring (bicyclic) bond motifs is 2. The van der Waals surface area contributed by atoms with E-state index in [2.05, 4.69) is 5.10 Å². The molecule has 2 amide bonds. The first-order valence-electron chi connectivity index (χ1n) is 9.85. The zero-order valence-electron chi connectivity index (χ0n) is 16.8. The highest BCUT2D eigenvalue weighted by Crippen LogP contribution is 2.41. The van der Waals surface area contributed by atoms with Crippen molar-refractivity contribution < 1.29 is 19.1 Å². The van der Waals surface area contributed by atoms with E-state index >= 15 is 0 Å². The van der Waals surface area contributed by atoms with Crippen LogP contribution in [-0.4, -0.2) is 67.0 Å². The Morgan fingerprint density at radius 1 is 1.21 bits per heavy atom. The maximum absolute atomic E-state index is 12.9. The summed E-state index contributed by atoms with van der Waals surface area (Å²) in [7, 11) is 3.22. The number of rotatable bonds is 5. The normalized spacial score (nSPS) is 18.1. The molecule has 2 aliphatic heterocycles. The van der Waals surface area contributed by atoms with Gasteiger partial charge in [-0.3, -0.25) is 14.5 Å². The number of nitrogens with zero attached hydrogens (tertiary/aromatic N) is 4. The van der Waals surface area contributed by atoms with E-state index in [4.69, 9.17) is 9.47 Å². The Kier molecular flexibility index (Phi) is 5.27. The van der Waals surface area contributed by atoms with E-state index in [1.54, 1.807) is 37.4 Å². The van der Waals surface area contributed by atoms with Crippen LogP contribution in [0.3, 0.4) is 0 Å². The van der Waals surface area contributed by atoms with Crippen LogP contribution >= 0.6 is 0 Å². The number of hydrogen-bond acceptors (Lipinski definition) is 5. The van der Waals surface area contributed by atoms with Crippen LogP contribution in [0.15, 0.2) is 36.5 Å². The monoisotopic (exact) mass is 398 g/mol. The van der Waals surface area contributed by atoms with Crippen LogP contribution in [0.4, 0.5) is 5.82 Å². The minimum atomic E-state index is -0.370. The second-order valence-electron chi connectivity index (χ2n) is 7.56. The molecule has 0 N–H and O–H groups in total. The van der Waals surface area contributed by atoms with E-state index in [1.807, 2.05) is 27.8 Å². The first kappa shape index (κ1) is 19.4. The molecule has 8 nitrogen and oxygen atoms in total. The standard InChI is InChI=1S/C21H26N4O4/c1-28-13-12-24-18-6-9-22-25(18)21(15-19(24)26)7-10-23(11-8-21)20(27)16-4-3-5-17(14-16)29-2/h3-6,9,14H,7-8,10-13,15H2,1-2H3. The Morgan fingerprint density at radius 3 is 2.72 bits per heavy atom. The maximum atomic E-state index is 12.9. The summed E-state index contributed by atoms with van der Waals surface area (Å²) in [5.41, 5.74) is 0.246. The number of ether oxygens (including phenoxy) is 2. The smallest absolute Gasteiger partial charge is 0.253 e. The SMILES string of the molecule is COCCN1C(=O)CC2(CCN(C(=O)c3cccc(OC)c3)CC2)n2nccc21. The van der Waals surface area contributed by atoms with Gasteiger partial charge in [-0.25, -0.2) is 4.68 Å². The number of piperidine rings is 1. The molecule has 0 atom stereocenters. The highest BCUT2D eigenvalue weighted by Gasteiger charge is 2.46. The Hall–Kier alpha value is -2.87. The first-order chi connectivity index (χ1) is 14.1. The minimum absolute atomic E-state index is 0.0108. The molecule has 1 aromatic carbocycles. The molecule has 29 heavy (non-hydrogen) atoms. The topological polar surface area (TPSA) is 76.9 Å². The van der Waals surface area contributed by atoms with Gasteiger partial charge in [0.2, 0.25) is 5.91 Å². The molecule has 4 rings (SSSR count). The first-order valence-corrected chi connectivity index (χ1v) is 9.85. The zero-order chi connectivity index (χ0) is 20.4. The molecule has 2 aliphatic rings. The Labute approximate surface area is 170 Å². The van der Waals surface area contributed by atoms with Crippen molar-refractivity contribution in [2.75, 3.05) is 45.4 Å². The molecule has 8 heteroatoms. The van der Waals surface area contributed by atoms with Gasteiger partial charge in [0.15, 0.2) is 0 Å². The van der Waals surface area contributed by atoms with Gasteiger partial charge in [0, 0.05) is 31.8 Å². The summed E-state index contributed by atoms with van der Waals surface area (Å²) in [6.07, 6.45) is 3.53. The van der Waals surface area contributed by atoms with E-state index in [-0.39, 0.29) is 17.4 Å². The number of hydrogen-bond donors (Lipinski definition) is 0. The fraction of sp³-hybridized carbons (Fsp3) is 0.476. The fourth-order valence-electron chi connectivity index (χ4n) is 4.32. The third kappa shape index (κ3) is 3.48. The Bertz CT molecular complexity index is 902. The molecular weight excluding hydrogens is 372 g/mol. The summed E-state index contributed by atoms with van der Waals surface area (Å²) in [6, 6.07) is 9.09. The van der Waals surface area contributed by atoms with Gasteiger partial charge in [0.1, 0.15) is 11.6 Å². The number of aromatic nitrogens is 2. The molecule has 0 bridgehead atoms. The average molecular weight is 398 g/mol. The molecule has 154 valence electrons. The number of amides is 2. The van der Waals surface area contributed by atoms with Crippen molar-refractivity contribution in [3.63, 3.8) is 0 Å². The second-order valence-corrected chi connectivity index (χ2v) is 7.56. The lowest BCUT2D eigenvalue weighted by Crippen LogP contribution is -2.55. The molecule has 0 saturated carbocycles. The van der Waals surface area contributed by atoms with Crippen molar-refractivity contribution >= 4 is 17.6 Å².